The number of anilines is 1. The van der Waals surface area contributed by atoms with Crippen molar-refractivity contribution >= 4 is 12.2 Å². The van der Waals surface area contributed by atoms with Crippen LogP contribution >= 0.6 is 0 Å². The second-order valence-electron chi connectivity index (χ2n) is 6.41. The second-order valence-corrected chi connectivity index (χ2v) is 6.41. The number of nitrogen functional groups attached to an aromatic ring is 1. The Morgan fingerprint density at radius 1 is 1.30 bits per heavy atom. The summed E-state index contributed by atoms with van der Waals surface area (Å²) >= 11 is 0. The van der Waals surface area contributed by atoms with E-state index in [1.165, 1.54) is 0 Å². The van der Waals surface area contributed by atoms with Crippen LogP contribution in [0, 0.1) is 0 Å². The van der Waals surface area contributed by atoms with E-state index >= 15 is 0 Å². The number of ether oxygens (including phenoxy) is 1. The molecule has 126 valence electrons. The summed E-state index contributed by atoms with van der Waals surface area (Å²) in [5.41, 5.74) is 7.56. The van der Waals surface area contributed by atoms with Gasteiger partial charge in [-0.1, -0.05) is 13.8 Å². The lowest BCUT2D eigenvalue weighted by Crippen LogP contribution is -2.17. The largest absolute Gasteiger partial charge is 0.506 e. The van der Waals surface area contributed by atoms with E-state index in [0.717, 1.165) is 11.4 Å². The molecule has 0 atom stereocenters. The molecule has 0 bridgehead atoms. The highest BCUT2D eigenvalue weighted by Gasteiger charge is 2.07. The molecule has 23 heavy (non-hydrogen) atoms. The predicted molar refractivity (Wildman–Crippen MR) is 90.6 cm³/mol. The first-order chi connectivity index (χ1) is 10.6. The fraction of sp³-hybridized carbons (Fsp3) is 0.412. The number of aromatic nitrogens is 2. The Morgan fingerprint density at radius 3 is 2.35 bits per heavy atom. The van der Waals surface area contributed by atoms with Crippen molar-refractivity contribution in [2.45, 2.75) is 46.1 Å². The van der Waals surface area contributed by atoms with Crippen molar-refractivity contribution in [3.63, 3.8) is 0 Å². The molecule has 0 radical (unpaired) electrons. The maximum absolute atomic E-state index is 9.60. The van der Waals surface area contributed by atoms with Crippen molar-refractivity contribution in [1.29, 1.82) is 0 Å². The predicted octanol–water partition coefficient (Wildman–Crippen LogP) is 3.24. The van der Waals surface area contributed by atoms with E-state index in [1.54, 1.807) is 22.9 Å². The molecule has 0 saturated carbocycles. The minimum Gasteiger partial charge on any atom is -0.506 e. The van der Waals surface area contributed by atoms with Crippen LogP contribution in [-0.2, 0) is 9.53 Å². The number of carbonyl (C=O) groups is 1. The van der Waals surface area contributed by atoms with Crippen molar-refractivity contribution in [2.24, 2.45) is 0 Å². The second kappa shape index (κ2) is 7.67. The Hall–Kier alpha value is -2.50. The van der Waals surface area contributed by atoms with Crippen molar-refractivity contribution < 1.29 is 14.6 Å². The summed E-state index contributed by atoms with van der Waals surface area (Å²) in [6.45, 7) is 10.1. The average Bonchev–Trinajstić information content (AvgIpc) is 2.91. The van der Waals surface area contributed by atoms with Crippen LogP contribution in [0.3, 0.4) is 0 Å². The summed E-state index contributed by atoms with van der Waals surface area (Å²) in [4.78, 5) is 9.60. The van der Waals surface area contributed by atoms with Gasteiger partial charge in [-0.15, -0.1) is 0 Å². The molecule has 6 heteroatoms. The summed E-state index contributed by atoms with van der Waals surface area (Å²) in [7, 11) is 0. The number of phenolic OH excluding ortho intramolecular Hbond substituents is 1. The van der Waals surface area contributed by atoms with E-state index in [9.17, 15) is 9.90 Å². The summed E-state index contributed by atoms with van der Waals surface area (Å²) in [5, 5.41) is 13.8. The summed E-state index contributed by atoms with van der Waals surface area (Å²) in [6, 6.07) is 7.03. The molecule has 0 aliphatic heterocycles. The third-order valence-corrected chi connectivity index (χ3v) is 2.88. The highest BCUT2D eigenvalue weighted by Crippen LogP contribution is 2.23. The van der Waals surface area contributed by atoms with Gasteiger partial charge in [0.1, 0.15) is 11.4 Å². The minimum absolute atomic E-state index is 0.0972. The van der Waals surface area contributed by atoms with Crippen molar-refractivity contribution in [3.05, 3.63) is 36.2 Å². The number of nitrogens with two attached hydrogens (primary N) is 1. The van der Waals surface area contributed by atoms with Crippen molar-refractivity contribution in [2.75, 3.05) is 5.73 Å². The number of phenols is 1. The summed E-state index contributed by atoms with van der Waals surface area (Å²) in [5.74, 6) is 0.496. The first-order valence-electron chi connectivity index (χ1n) is 7.40. The van der Waals surface area contributed by atoms with Crippen LogP contribution in [0.25, 0.3) is 5.69 Å². The maximum atomic E-state index is 9.60. The summed E-state index contributed by atoms with van der Waals surface area (Å²) < 4.78 is 6.30. The quantitative estimate of drug-likeness (QED) is 0.515. The van der Waals surface area contributed by atoms with Gasteiger partial charge in [0, 0.05) is 6.20 Å². The smallest absolute Gasteiger partial charge is 0.293 e. The SMILES string of the molecule is CC(C)(C)OC=O.CC(C)c1ccn(-c2ccc(O)c(N)c2)n1. The standard InChI is InChI=1S/C12H15N3O.C5H10O2/c1-8(2)11-5-6-15(14-11)9-3-4-12(16)10(13)7-9;1-5(2,3)7-4-6/h3-8,16H,13H2,1-2H3;4H,1-3H3. The van der Waals surface area contributed by atoms with Gasteiger partial charge in [0.2, 0.25) is 0 Å². The van der Waals surface area contributed by atoms with Gasteiger partial charge in [0.05, 0.1) is 17.1 Å². The van der Waals surface area contributed by atoms with Gasteiger partial charge in [0.25, 0.3) is 6.47 Å². The van der Waals surface area contributed by atoms with Crippen LogP contribution in [-0.4, -0.2) is 27.0 Å². The molecule has 0 saturated heterocycles. The van der Waals surface area contributed by atoms with Crippen molar-refractivity contribution in [1.82, 2.24) is 9.78 Å². The normalized spacial score (nSPS) is 10.9. The molecule has 0 aliphatic rings. The number of carbonyl (C=O) groups excluding carboxylic acids is 1. The zero-order valence-corrected chi connectivity index (χ0v) is 14.3. The lowest BCUT2D eigenvalue weighted by Gasteiger charge is -2.14. The molecule has 0 amide bonds. The molecule has 2 rings (SSSR count). The molecule has 1 heterocycles. The lowest BCUT2D eigenvalue weighted by atomic mass is 10.1. The van der Waals surface area contributed by atoms with Crippen LogP contribution in [0.4, 0.5) is 5.69 Å². The molecule has 0 fully saturated rings. The van der Waals surface area contributed by atoms with Crippen LogP contribution in [0.2, 0.25) is 0 Å². The average molecular weight is 319 g/mol. The number of rotatable bonds is 3. The number of hydrogen-bond donors (Lipinski definition) is 2. The Labute approximate surface area is 136 Å². The fourth-order valence-electron chi connectivity index (χ4n) is 1.62. The molecule has 3 N–H and O–H groups in total. The highest BCUT2D eigenvalue weighted by molar-refractivity contribution is 5.57. The Kier molecular flexibility index (Phi) is 6.18. The minimum atomic E-state index is -0.318. The lowest BCUT2D eigenvalue weighted by molar-refractivity contribution is -0.138. The molecule has 2 aromatic rings. The first-order valence-corrected chi connectivity index (χ1v) is 7.40. The van der Waals surface area contributed by atoms with E-state index in [-0.39, 0.29) is 11.4 Å². The molecule has 0 aliphatic carbocycles. The fourth-order valence-corrected chi connectivity index (χ4v) is 1.62. The highest BCUT2D eigenvalue weighted by atomic mass is 16.5. The monoisotopic (exact) mass is 319 g/mol. The Balaban J connectivity index is 0.000000322. The number of aromatic hydroxyl groups is 1. The topological polar surface area (TPSA) is 90.4 Å². The number of nitrogens with zero attached hydrogens (tertiary/aromatic N) is 2. The first kappa shape index (κ1) is 18.5. The van der Waals surface area contributed by atoms with Gasteiger partial charge in [-0.25, -0.2) is 4.68 Å². The van der Waals surface area contributed by atoms with Crippen molar-refractivity contribution in [3.8, 4) is 11.4 Å². The van der Waals surface area contributed by atoms with Crippen LogP contribution < -0.4 is 5.73 Å². The summed E-state index contributed by atoms with van der Waals surface area (Å²) in [6.07, 6.45) is 1.89. The molecule has 0 unspecified atom stereocenters. The van der Waals surface area contributed by atoms with Gasteiger partial charge < -0.3 is 15.6 Å². The third-order valence-electron chi connectivity index (χ3n) is 2.88. The van der Waals surface area contributed by atoms with E-state index in [2.05, 4.69) is 23.7 Å². The van der Waals surface area contributed by atoms with E-state index in [4.69, 9.17) is 5.73 Å². The molecular formula is C17H25N3O3. The zero-order chi connectivity index (χ0) is 17.6. The van der Waals surface area contributed by atoms with Crippen LogP contribution in [0.1, 0.15) is 46.2 Å². The van der Waals surface area contributed by atoms with Gasteiger partial charge >= 0.3 is 0 Å². The van der Waals surface area contributed by atoms with Crippen LogP contribution in [0.5, 0.6) is 5.75 Å². The van der Waals surface area contributed by atoms with E-state index in [1.807, 2.05) is 33.0 Å². The van der Waals surface area contributed by atoms with Crippen LogP contribution in [0.15, 0.2) is 30.5 Å². The Bertz CT molecular complexity index is 643. The molecule has 6 nitrogen and oxygen atoms in total. The zero-order valence-electron chi connectivity index (χ0n) is 14.3. The molecular weight excluding hydrogens is 294 g/mol. The molecule has 1 aromatic carbocycles. The van der Waals surface area contributed by atoms with E-state index in [0.29, 0.717) is 18.1 Å². The third kappa shape index (κ3) is 6.02. The van der Waals surface area contributed by atoms with E-state index < -0.39 is 0 Å². The van der Waals surface area contributed by atoms with Gasteiger partial charge in [-0.05, 0) is 51.0 Å². The Morgan fingerprint density at radius 2 is 1.96 bits per heavy atom. The maximum Gasteiger partial charge on any atom is 0.293 e. The number of benzene rings is 1. The number of hydrogen-bond acceptors (Lipinski definition) is 5. The van der Waals surface area contributed by atoms with Gasteiger partial charge in [-0.3, -0.25) is 4.79 Å². The van der Waals surface area contributed by atoms with Gasteiger partial charge in [0.15, 0.2) is 0 Å². The molecule has 0 spiro atoms. The molecule has 1 aromatic heterocycles. The van der Waals surface area contributed by atoms with Gasteiger partial charge in [-0.2, -0.15) is 5.10 Å².